The van der Waals surface area contributed by atoms with Crippen molar-refractivity contribution in [2.75, 3.05) is 0 Å². The summed E-state index contributed by atoms with van der Waals surface area (Å²) in [5.74, 6) is 0. The van der Waals surface area contributed by atoms with Gasteiger partial charge in [-0.1, -0.05) is 419 Å². The fourth-order valence-corrected chi connectivity index (χ4v) is 46.8. The lowest BCUT2D eigenvalue weighted by molar-refractivity contribution is -0.887. The Morgan fingerprint density at radius 2 is 0.231 bits per heavy atom. The maximum Gasteiger partial charge on any atom is 0.0806 e. The van der Waals surface area contributed by atoms with Crippen LogP contribution in [0.5, 0.6) is 0 Å². The van der Waals surface area contributed by atoms with Crippen molar-refractivity contribution >= 4 is 234 Å². The van der Waals surface area contributed by atoms with Crippen LogP contribution in [0.1, 0.15) is 51.4 Å². The molecule has 0 aromatic heterocycles. The van der Waals surface area contributed by atoms with Crippen LogP contribution in [0.4, 0.5) is 0 Å². The number of hydrogen-bond donors (Lipinski definition) is 0. The molecule has 6 aliphatic rings. The van der Waals surface area contributed by atoms with Crippen LogP contribution in [0, 0.1) is 43.3 Å². The standard InChI is InChI=1S/C88H112Br8Si8/c1-97(2,73-33-17-65(89)18-34-73)57-49-81-82(50-58-98(3,4)74-35-19-66(90)20-36-74)85(53-61-101(9,10)77-41-25-69(93)26-42-77)83(81,51-59-99(5,6)75-37-21-67(91)22-38-75)87(55-63-103(13,14)79-45-29-71(95)30-46-79)84(81,52-60-100(7,8)76-39-23-68(92)24-40-76)86(82,54-62-102(11,12)78-43-27-70(94)28-44-78)88(85,87)56-64-104(15,16)80-47-31-72(96)32-48-80/h17-48H,49-64H2,1-16H3. The third kappa shape index (κ3) is 12.0. The summed E-state index contributed by atoms with van der Waals surface area (Å²) in [7, 11) is -16.9. The average Bonchev–Trinajstić information content (AvgIpc) is 0.491. The van der Waals surface area contributed by atoms with Gasteiger partial charge in [-0.3, -0.25) is 0 Å². The van der Waals surface area contributed by atoms with Gasteiger partial charge in [0.15, 0.2) is 0 Å². The minimum Gasteiger partial charge on any atom is -0.0654 e. The molecule has 0 nitrogen and oxygen atoms in total. The summed E-state index contributed by atoms with van der Waals surface area (Å²) in [6, 6.07) is 89.6. The zero-order valence-corrected chi connectivity index (χ0v) is 85.5. The van der Waals surface area contributed by atoms with E-state index in [4.69, 9.17) is 0 Å². The van der Waals surface area contributed by atoms with Crippen molar-refractivity contribution in [2.24, 2.45) is 43.3 Å². The lowest BCUT2D eigenvalue weighted by Crippen LogP contribution is -3.32. The second-order valence-corrected chi connectivity index (χ2v) is 84.5. The Morgan fingerprint density at radius 3 is 0.308 bits per heavy atom. The summed E-state index contributed by atoms with van der Waals surface area (Å²) >= 11 is 31.6. The Kier molecular flexibility index (Phi) is 22.5. The molecule has 0 radical (unpaired) electrons. The first-order valence-electron chi connectivity index (χ1n) is 38.7. The minimum atomic E-state index is -2.11. The number of hydrogen-bond acceptors (Lipinski definition) is 0. The van der Waals surface area contributed by atoms with Crippen LogP contribution in [-0.2, 0) is 0 Å². The molecule has 14 rings (SSSR count). The van der Waals surface area contributed by atoms with Crippen LogP contribution in [0.3, 0.4) is 0 Å². The zero-order valence-electron chi connectivity index (χ0n) is 64.8. The van der Waals surface area contributed by atoms with Crippen LogP contribution in [0.2, 0.25) is 153 Å². The van der Waals surface area contributed by atoms with Gasteiger partial charge in [-0.05, 0) is 192 Å². The van der Waals surface area contributed by atoms with Gasteiger partial charge >= 0.3 is 0 Å². The molecule has 8 aromatic rings. The highest BCUT2D eigenvalue weighted by Gasteiger charge is 3.33. The average molecular weight is 2030 g/mol. The molecule has 0 bridgehead atoms. The zero-order chi connectivity index (χ0) is 75.2. The van der Waals surface area contributed by atoms with E-state index in [0.717, 1.165) is 0 Å². The Bertz CT molecular complexity index is 3510. The Morgan fingerprint density at radius 1 is 0.154 bits per heavy atom. The van der Waals surface area contributed by atoms with Crippen molar-refractivity contribution in [3.63, 3.8) is 0 Å². The van der Waals surface area contributed by atoms with Gasteiger partial charge in [-0.25, -0.2) is 0 Å². The van der Waals surface area contributed by atoms with Crippen molar-refractivity contribution in [2.45, 2.75) is 204 Å². The van der Waals surface area contributed by atoms with Gasteiger partial charge in [0.1, 0.15) is 0 Å². The van der Waals surface area contributed by atoms with Gasteiger partial charge in [0.25, 0.3) is 0 Å². The second-order valence-electron chi connectivity index (χ2n) is 38.4. The van der Waals surface area contributed by atoms with E-state index >= 15 is 0 Å². The molecule has 6 aliphatic carbocycles. The monoisotopic (exact) mass is 2020 g/mol. The third-order valence-corrected chi connectivity index (χ3v) is 62.1. The first-order chi connectivity index (χ1) is 48.6. The molecule has 8 aromatic carbocycles. The van der Waals surface area contributed by atoms with Crippen molar-refractivity contribution < 1.29 is 0 Å². The minimum absolute atomic E-state index is 0.168. The summed E-state index contributed by atoms with van der Waals surface area (Å²) in [5, 5.41) is 13.1. The summed E-state index contributed by atoms with van der Waals surface area (Å²) in [6.45, 7) is 44.9. The van der Waals surface area contributed by atoms with E-state index in [1.807, 2.05) is 0 Å². The lowest BCUT2D eigenvalue weighted by Gasteiger charge is -3.35. The summed E-state index contributed by atoms with van der Waals surface area (Å²) in [4.78, 5) is 0. The van der Waals surface area contributed by atoms with E-state index in [9.17, 15) is 0 Å². The van der Waals surface area contributed by atoms with Gasteiger partial charge in [-0.15, -0.1) is 0 Å². The maximum absolute atomic E-state index is 3.95. The SMILES string of the molecule is C[Si](C)(CCC12C3(CC[Si](C)(C)c4ccc(Br)cc4)C4(CC[Si](C)(C)c5ccc(Br)cc5)C1(CC[Si](C)(C)c1ccc(Br)cc1)C1(CC[Si](C)(C)c5ccc(Br)cc5)C2(CC[Si](C)(C)c2ccc(Br)cc2)C3(CC[Si](C)(C)c2ccc(Br)cc2)C41CC[Si](C)(C)c1ccc(Br)cc1)c1ccc(Br)cc1. The molecular weight excluding hydrogens is 1920 g/mol. The Labute approximate surface area is 702 Å². The van der Waals surface area contributed by atoms with Crippen LogP contribution < -0.4 is 41.5 Å². The van der Waals surface area contributed by atoms with Crippen LogP contribution in [-0.4, -0.2) is 64.6 Å². The first kappa shape index (κ1) is 81.4. The first-order valence-corrected chi connectivity index (χ1v) is 70.7. The quantitative estimate of drug-likeness (QED) is 0.0369. The molecule has 0 spiro atoms. The number of benzene rings is 8. The molecular formula is C88H112Br8Si8. The molecule has 104 heavy (non-hydrogen) atoms. The van der Waals surface area contributed by atoms with Gasteiger partial charge in [0.2, 0.25) is 0 Å². The fraction of sp³-hybridized carbons (Fsp3) is 0.455. The molecule has 0 aliphatic heterocycles. The van der Waals surface area contributed by atoms with Gasteiger partial charge in [0.05, 0.1) is 64.6 Å². The summed E-state index contributed by atoms with van der Waals surface area (Å²) in [5.41, 5.74) is 1.35. The van der Waals surface area contributed by atoms with E-state index in [0.29, 0.717) is 0 Å². The van der Waals surface area contributed by atoms with Crippen LogP contribution >= 0.6 is 127 Å². The molecule has 0 heterocycles. The highest BCUT2D eigenvalue weighted by molar-refractivity contribution is 9.11. The smallest absolute Gasteiger partial charge is 0.0654 e. The topological polar surface area (TPSA) is 0 Å². The maximum atomic E-state index is 3.95. The third-order valence-electron chi connectivity index (χ3n) is 30.7. The van der Waals surface area contributed by atoms with E-state index in [1.165, 1.54) is 136 Å². The van der Waals surface area contributed by atoms with E-state index in [-0.39, 0.29) is 43.3 Å². The fourth-order valence-electron chi connectivity index (χ4n) is 25.9. The van der Waals surface area contributed by atoms with Gasteiger partial charge in [-0.2, -0.15) is 0 Å². The molecule has 0 atom stereocenters. The Hall–Kier alpha value is -0.665. The number of halogens is 8. The second kappa shape index (κ2) is 28.7. The molecule has 552 valence electrons. The van der Waals surface area contributed by atoms with E-state index < -0.39 is 64.6 Å². The highest BCUT2D eigenvalue weighted by atomic mass is 79.9. The van der Waals surface area contributed by atoms with Crippen molar-refractivity contribution in [1.82, 2.24) is 0 Å². The molecule has 0 unspecified atom stereocenters. The lowest BCUT2D eigenvalue weighted by atomic mass is 8.68. The van der Waals surface area contributed by atoms with Crippen LogP contribution in [0.25, 0.3) is 0 Å². The molecule has 0 saturated heterocycles. The Balaban J connectivity index is 1.16. The van der Waals surface area contributed by atoms with Gasteiger partial charge in [0, 0.05) is 35.8 Å². The molecule has 6 saturated carbocycles. The van der Waals surface area contributed by atoms with E-state index in [1.54, 1.807) is 41.5 Å². The highest BCUT2D eigenvalue weighted by Crippen LogP contribution is 3.37. The van der Waals surface area contributed by atoms with Crippen molar-refractivity contribution in [3.8, 4) is 0 Å². The van der Waals surface area contributed by atoms with Gasteiger partial charge < -0.3 is 0 Å². The molecule has 0 amide bonds. The van der Waals surface area contributed by atoms with Crippen molar-refractivity contribution in [3.05, 3.63) is 230 Å². The van der Waals surface area contributed by atoms with Crippen molar-refractivity contribution in [1.29, 1.82) is 0 Å². The van der Waals surface area contributed by atoms with E-state index in [2.05, 4.69) is 426 Å². The predicted molar refractivity (Wildman–Crippen MR) is 505 cm³/mol. The predicted octanol–water partition coefficient (Wildman–Crippen LogP) is 26.1. The molecule has 16 heteroatoms. The molecule has 0 N–H and O–H groups in total. The molecule has 6 fully saturated rings. The summed E-state index contributed by atoms with van der Waals surface area (Å²) < 4.78 is 9.54. The van der Waals surface area contributed by atoms with Crippen LogP contribution in [0.15, 0.2) is 230 Å². The number of rotatable bonds is 32. The summed E-state index contributed by atoms with van der Waals surface area (Å²) in [6.07, 6.45) is 11.0. The largest absolute Gasteiger partial charge is 0.0806 e. The normalized spacial score (nSPS) is 26.2.